The molecule has 168 valence electrons. The van der Waals surface area contributed by atoms with Crippen molar-refractivity contribution in [3.05, 3.63) is 48.0 Å². The van der Waals surface area contributed by atoms with Gasteiger partial charge in [0.15, 0.2) is 0 Å². The van der Waals surface area contributed by atoms with Crippen LogP contribution in [-0.4, -0.2) is 46.9 Å². The van der Waals surface area contributed by atoms with Crippen LogP contribution in [0, 0.1) is 0 Å². The zero-order chi connectivity index (χ0) is 22.4. The number of rotatable bonds is 9. The molecule has 1 heterocycles. The molecule has 1 aliphatic heterocycles. The van der Waals surface area contributed by atoms with Crippen molar-refractivity contribution in [3.8, 4) is 5.75 Å². The predicted molar refractivity (Wildman–Crippen MR) is 118 cm³/mol. The monoisotopic (exact) mass is 448 g/mol. The van der Waals surface area contributed by atoms with E-state index in [2.05, 4.69) is 10.0 Å². The van der Waals surface area contributed by atoms with Crippen LogP contribution in [0.3, 0.4) is 0 Å². The summed E-state index contributed by atoms with van der Waals surface area (Å²) in [4.78, 5) is 12.3. The molecule has 8 nitrogen and oxygen atoms in total. The molecule has 2 N–H and O–H groups in total. The summed E-state index contributed by atoms with van der Waals surface area (Å²) in [6.45, 7) is 4.65. The molecular formula is C22H28N2O6S. The van der Waals surface area contributed by atoms with Crippen molar-refractivity contribution < 1.29 is 27.4 Å². The van der Waals surface area contributed by atoms with Gasteiger partial charge in [0.25, 0.3) is 10.0 Å². The maximum Gasteiger partial charge on any atom is 0.338 e. The molecule has 0 amide bonds. The number of methoxy groups -OCH3 is 1. The molecule has 1 aliphatic rings. The van der Waals surface area contributed by atoms with E-state index in [1.807, 2.05) is 0 Å². The molecule has 2 aromatic rings. The normalized spacial score (nSPS) is 16.2. The number of anilines is 2. The van der Waals surface area contributed by atoms with E-state index < -0.39 is 16.0 Å². The van der Waals surface area contributed by atoms with E-state index in [0.717, 1.165) is 12.8 Å². The molecule has 1 atom stereocenters. The largest absolute Gasteiger partial charge is 0.497 e. The van der Waals surface area contributed by atoms with Gasteiger partial charge in [-0.05, 0) is 69.2 Å². The highest BCUT2D eigenvalue weighted by Crippen LogP contribution is 2.27. The number of carbonyl (C=O) groups excluding carboxylic acids is 1. The Kier molecular flexibility index (Phi) is 7.40. The van der Waals surface area contributed by atoms with E-state index in [1.54, 1.807) is 50.2 Å². The highest BCUT2D eigenvalue weighted by molar-refractivity contribution is 7.92. The maximum absolute atomic E-state index is 13.2. The van der Waals surface area contributed by atoms with Gasteiger partial charge in [-0.1, -0.05) is 0 Å². The number of hydrogen-bond acceptors (Lipinski definition) is 7. The molecule has 0 radical (unpaired) electrons. The van der Waals surface area contributed by atoms with E-state index in [0.29, 0.717) is 30.3 Å². The number of hydrogen-bond donors (Lipinski definition) is 2. The second-order valence-electron chi connectivity index (χ2n) is 7.51. The number of carbonyl (C=O) groups is 1. The van der Waals surface area contributed by atoms with Crippen LogP contribution >= 0.6 is 0 Å². The summed E-state index contributed by atoms with van der Waals surface area (Å²) in [7, 11) is -2.46. The van der Waals surface area contributed by atoms with Crippen molar-refractivity contribution in [1.82, 2.24) is 0 Å². The minimum Gasteiger partial charge on any atom is -0.497 e. The standard InChI is InChI=1S/C22H28N2O6S/c1-15(2)30-22(25)16-6-11-20(23-14-19-5-4-12-29-19)21(13-16)31(26,27)24-17-7-9-18(28-3)10-8-17/h6-11,13,15,19,23-24H,4-5,12,14H2,1-3H3/t19-/m0/s1. The molecule has 0 bridgehead atoms. The average Bonchev–Trinajstić information content (AvgIpc) is 3.25. The van der Waals surface area contributed by atoms with E-state index in [1.165, 1.54) is 13.2 Å². The number of benzene rings is 2. The van der Waals surface area contributed by atoms with E-state index in [4.69, 9.17) is 14.2 Å². The zero-order valence-electron chi connectivity index (χ0n) is 17.9. The fraction of sp³-hybridized carbons (Fsp3) is 0.409. The predicted octanol–water partition coefficient (Wildman–Crippen LogP) is 3.65. The number of sulfonamides is 1. The van der Waals surface area contributed by atoms with Gasteiger partial charge in [-0.3, -0.25) is 4.72 Å². The third-order valence-electron chi connectivity index (χ3n) is 4.74. The second-order valence-corrected chi connectivity index (χ2v) is 9.17. The number of ether oxygens (including phenoxy) is 3. The van der Waals surface area contributed by atoms with Crippen LogP contribution in [0.25, 0.3) is 0 Å². The quantitative estimate of drug-likeness (QED) is 0.565. The van der Waals surface area contributed by atoms with Crippen LogP contribution in [-0.2, 0) is 19.5 Å². The fourth-order valence-corrected chi connectivity index (χ4v) is 4.47. The Morgan fingerprint density at radius 3 is 2.55 bits per heavy atom. The Morgan fingerprint density at radius 2 is 1.94 bits per heavy atom. The summed E-state index contributed by atoms with van der Waals surface area (Å²) in [5, 5.41) is 3.16. The Bertz CT molecular complexity index is 999. The summed E-state index contributed by atoms with van der Waals surface area (Å²) in [5.74, 6) is 0.0295. The molecule has 9 heteroatoms. The molecule has 0 spiro atoms. The van der Waals surface area contributed by atoms with Gasteiger partial charge in [-0.15, -0.1) is 0 Å². The van der Waals surface area contributed by atoms with E-state index in [9.17, 15) is 13.2 Å². The molecule has 31 heavy (non-hydrogen) atoms. The van der Waals surface area contributed by atoms with Crippen molar-refractivity contribution in [3.63, 3.8) is 0 Å². The Morgan fingerprint density at radius 1 is 1.19 bits per heavy atom. The summed E-state index contributed by atoms with van der Waals surface area (Å²) >= 11 is 0. The van der Waals surface area contributed by atoms with Crippen LogP contribution in [0.15, 0.2) is 47.4 Å². The second kappa shape index (κ2) is 10.0. The molecule has 0 aromatic heterocycles. The van der Waals surface area contributed by atoms with Crippen LogP contribution in [0.2, 0.25) is 0 Å². The molecule has 2 aromatic carbocycles. The summed E-state index contributed by atoms with van der Waals surface area (Å²) in [6, 6.07) is 11.0. The van der Waals surface area contributed by atoms with E-state index >= 15 is 0 Å². The van der Waals surface area contributed by atoms with Crippen molar-refractivity contribution >= 4 is 27.4 Å². The molecule has 0 aliphatic carbocycles. The first-order valence-corrected chi connectivity index (χ1v) is 11.6. The van der Waals surface area contributed by atoms with Crippen molar-refractivity contribution in [2.45, 2.75) is 43.8 Å². The van der Waals surface area contributed by atoms with Gasteiger partial charge >= 0.3 is 5.97 Å². The number of nitrogens with one attached hydrogen (secondary N) is 2. The van der Waals surface area contributed by atoms with Crippen molar-refractivity contribution in [2.75, 3.05) is 30.3 Å². The Labute approximate surface area is 182 Å². The molecule has 0 unspecified atom stereocenters. The Balaban J connectivity index is 1.90. The van der Waals surface area contributed by atoms with Gasteiger partial charge < -0.3 is 19.5 Å². The summed E-state index contributed by atoms with van der Waals surface area (Å²) < 4.78 is 44.9. The summed E-state index contributed by atoms with van der Waals surface area (Å²) in [6.07, 6.45) is 1.60. The van der Waals surface area contributed by atoms with Crippen molar-refractivity contribution in [1.29, 1.82) is 0 Å². The molecule has 1 saturated heterocycles. The molecular weight excluding hydrogens is 420 g/mol. The van der Waals surface area contributed by atoms with Gasteiger partial charge in [0, 0.05) is 18.8 Å². The smallest absolute Gasteiger partial charge is 0.338 e. The first-order chi connectivity index (χ1) is 14.8. The Hall–Kier alpha value is -2.78. The lowest BCUT2D eigenvalue weighted by molar-refractivity contribution is 0.0377. The van der Waals surface area contributed by atoms with Gasteiger partial charge in [0.05, 0.1) is 30.6 Å². The molecule has 1 fully saturated rings. The molecule has 3 rings (SSSR count). The first-order valence-electron chi connectivity index (χ1n) is 10.2. The molecule has 0 saturated carbocycles. The fourth-order valence-electron chi connectivity index (χ4n) is 3.20. The lowest BCUT2D eigenvalue weighted by Crippen LogP contribution is -2.22. The highest BCUT2D eigenvalue weighted by Gasteiger charge is 2.23. The number of esters is 1. The highest BCUT2D eigenvalue weighted by atomic mass is 32.2. The van der Waals surface area contributed by atoms with Gasteiger partial charge in [0.1, 0.15) is 10.6 Å². The maximum atomic E-state index is 13.2. The van der Waals surface area contributed by atoms with Gasteiger partial charge in [-0.2, -0.15) is 0 Å². The van der Waals surface area contributed by atoms with Crippen LogP contribution < -0.4 is 14.8 Å². The lowest BCUT2D eigenvalue weighted by atomic mass is 10.2. The van der Waals surface area contributed by atoms with Crippen LogP contribution in [0.1, 0.15) is 37.0 Å². The van der Waals surface area contributed by atoms with Crippen molar-refractivity contribution in [2.24, 2.45) is 0 Å². The van der Waals surface area contributed by atoms with E-state index in [-0.39, 0.29) is 22.7 Å². The average molecular weight is 449 g/mol. The van der Waals surface area contributed by atoms with Crippen LogP contribution in [0.5, 0.6) is 5.75 Å². The summed E-state index contributed by atoms with van der Waals surface area (Å²) in [5.41, 5.74) is 0.921. The zero-order valence-corrected chi connectivity index (χ0v) is 18.7. The minimum absolute atomic E-state index is 0.0238. The minimum atomic E-state index is -4.00. The van der Waals surface area contributed by atoms with Gasteiger partial charge in [-0.25, -0.2) is 13.2 Å². The third kappa shape index (κ3) is 6.11. The first kappa shape index (κ1) is 22.9. The topological polar surface area (TPSA) is 103 Å². The lowest BCUT2D eigenvalue weighted by Gasteiger charge is -2.17. The SMILES string of the molecule is COc1ccc(NS(=O)(=O)c2cc(C(=O)OC(C)C)ccc2NC[C@@H]2CCCO2)cc1. The third-order valence-corrected chi connectivity index (χ3v) is 6.16. The van der Waals surface area contributed by atoms with Crippen LogP contribution in [0.4, 0.5) is 11.4 Å². The van der Waals surface area contributed by atoms with Gasteiger partial charge in [0.2, 0.25) is 0 Å².